The first-order valence-corrected chi connectivity index (χ1v) is 8.46. The third kappa shape index (κ3) is 3.86. The van der Waals surface area contributed by atoms with Gasteiger partial charge in [0.05, 0.1) is 5.56 Å². The molecule has 78 valence electrons. The molecule has 0 aliphatic carbocycles. The summed E-state index contributed by atoms with van der Waals surface area (Å²) in [6.07, 6.45) is 1.55. The van der Waals surface area contributed by atoms with Gasteiger partial charge in [-0.3, -0.25) is 4.79 Å². The van der Waals surface area contributed by atoms with Crippen LogP contribution in [0.15, 0.2) is 18.3 Å². The minimum Gasteiger partial charge on any atom is -0.279 e. The molecule has 0 radical (unpaired) electrons. The minimum absolute atomic E-state index is 0.215. The van der Waals surface area contributed by atoms with Crippen LogP contribution in [0.1, 0.15) is 10.4 Å². The van der Waals surface area contributed by atoms with Crippen molar-refractivity contribution >= 4 is 25.5 Å². The Bertz CT molecular complexity index is 440. The molecule has 0 aliphatic rings. The van der Waals surface area contributed by atoms with E-state index < -0.39 is 8.07 Å². The molecule has 0 saturated heterocycles. The smallest absolute Gasteiger partial charge is 0.238 e. The van der Waals surface area contributed by atoms with E-state index in [1.807, 2.05) is 0 Å². The second kappa shape index (κ2) is 4.60. The van der Waals surface area contributed by atoms with Crippen LogP contribution < -0.4 is 0 Å². The van der Waals surface area contributed by atoms with E-state index in [0.717, 1.165) is 0 Å². The first-order chi connectivity index (χ1) is 6.90. The number of nitrogens with zero attached hydrogens (tertiary/aromatic N) is 1. The second-order valence-corrected chi connectivity index (χ2v) is 9.28. The molecule has 15 heavy (non-hydrogen) atoms. The summed E-state index contributed by atoms with van der Waals surface area (Å²) in [4.78, 5) is 15.5. The summed E-state index contributed by atoms with van der Waals surface area (Å²) < 4.78 is 0. The Morgan fingerprint density at radius 2 is 2.13 bits per heavy atom. The zero-order valence-electron chi connectivity index (χ0n) is 8.97. The van der Waals surface area contributed by atoms with Crippen LogP contribution in [-0.4, -0.2) is 18.8 Å². The Balaban J connectivity index is 2.96. The van der Waals surface area contributed by atoms with Crippen molar-refractivity contribution in [3.63, 3.8) is 0 Å². The maximum Gasteiger partial charge on any atom is 0.238 e. The lowest BCUT2D eigenvalue weighted by Gasteiger charge is -2.03. The van der Waals surface area contributed by atoms with Gasteiger partial charge in [-0.15, -0.1) is 5.54 Å². The molecule has 2 nitrogen and oxygen atoms in total. The van der Waals surface area contributed by atoms with E-state index in [-0.39, 0.29) is 10.9 Å². The second-order valence-electron chi connectivity index (χ2n) is 4.17. The number of rotatable bonds is 1. The van der Waals surface area contributed by atoms with Crippen LogP contribution in [0.25, 0.3) is 0 Å². The van der Waals surface area contributed by atoms with Crippen molar-refractivity contribution in [2.24, 2.45) is 0 Å². The molecule has 1 heterocycles. The summed E-state index contributed by atoms with van der Waals surface area (Å²) >= 11 is 5.78. The van der Waals surface area contributed by atoms with Crippen molar-refractivity contribution in [3.05, 3.63) is 29.0 Å². The van der Waals surface area contributed by atoms with E-state index in [1.165, 1.54) is 0 Å². The first-order valence-electron chi connectivity index (χ1n) is 4.58. The minimum atomic E-state index is -1.52. The predicted molar refractivity (Wildman–Crippen MR) is 64.7 cm³/mol. The average Bonchev–Trinajstić information content (AvgIpc) is 2.14. The molecular weight excluding hydrogens is 226 g/mol. The van der Waals surface area contributed by atoms with Gasteiger partial charge in [0.15, 0.2) is 0 Å². The van der Waals surface area contributed by atoms with Crippen LogP contribution in [-0.2, 0) is 0 Å². The highest BCUT2D eigenvalue weighted by molar-refractivity contribution is 6.84. The lowest BCUT2D eigenvalue weighted by molar-refractivity contribution is 0.105. The molecule has 1 aromatic heterocycles. The molecule has 1 aromatic rings. The van der Waals surface area contributed by atoms with Crippen molar-refractivity contribution in [1.82, 2.24) is 4.98 Å². The number of aromatic nitrogens is 1. The topological polar surface area (TPSA) is 30.0 Å². The molecule has 0 fully saturated rings. The van der Waals surface area contributed by atoms with Gasteiger partial charge in [0.2, 0.25) is 5.78 Å². The molecule has 1 rings (SSSR count). The fourth-order valence-electron chi connectivity index (χ4n) is 0.867. The molecule has 0 bridgehead atoms. The molecule has 0 spiro atoms. The van der Waals surface area contributed by atoms with E-state index in [1.54, 1.807) is 18.3 Å². The van der Waals surface area contributed by atoms with Crippen LogP contribution in [0.4, 0.5) is 0 Å². The number of Topliss-reactive ketones (excluding diaryl/α,β-unsaturated/α-hetero) is 1. The van der Waals surface area contributed by atoms with Crippen molar-refractivity contribution in [1.29, 1.82) is 0 Å². The van der Waals surface area contributed by atoms with Crippen molar-refractivity contribution in [2.45, 2.75) is 19.6 Å². The lowest BCUT2D eigenvalue weighted by atomic mass is 10.2. The van der Waals surface area contributed by atoms with Crippen LogP contribution in [0.2, 0.25) is 24.8 Å². The number of ketones is 1. The zero-order chi connectivity index (χ0) is 11.5. The van der Waals surface area contributed by atoms with Gasteiger partial charge in [-0.25, -0.2) is 4.98 Å². The molecule has 0 saturated carbocycles. The summed E-state index contributed by atoms with van der Waals surface area (Å²) in [7, 11) is -1.52. The molecule has 4 heteroatoms. The molecule has 0 aromatic carbocycles. The van der Waals surface area contributed by atoms with Crippen molar-refractivity contribution in [2.75, 3.05) is 0 Å². The summed E-state index contributed by atoms with van der Waals surface area (Å²) in [5.74, 6) is 2.37. The third-order valence-electron chi connectivity index (χ3n) is 1.55. The van der Waals surface area contributed by atoms with Crippen molar-refractivity contribution in [3.8, 4) is 11.5 Å². The van der Waals surface area contributed by atoms with E-state index in [4.69, 9.17) is 11.6 Å². The Morgan fingerprint density at radius 1 is 1.47 bits per heavy atom. The Hall–Kier alpha value is -1.11. The van der Waals surface area contributed by atoms with Crippen LogP contribution in [0, 0.1) is 11.5 Å². The highest BCUT2D eigenvalue weighted by atomic mass is 35.5. The van der Waals surface area contributed by atoms with E-state index in [9.17, 15) is 4.79 Å². The van der Waals surface area contributed by atoms with Crippen LogP contribution in [0.5, 0.6) is 0 Å². The number of halogens is 1. The Morgan fingerprint density at radius 3 is 2.67 bits per heavy atom. The number of hydrogen-bond acceptors (Lipinski definition) is 2. The normalized spacial score (nSPS) is 10.4. The standard InChI is InChI=1S/C11H12ClNOSi/c1-15(2,3)8-6-10(14)9-5-4-7-13-11(9)12/h4-5,7H,1-3H3. The summed E-state index contributed by atoms with van der Waals surface area (Å²) in [6, 6.07) is 3.31. The number of carbonyl (C=O) groups excluding carboxylic acids is 1. The SMILES string of the molecule is C[Si](C)(C)C#CC(=O)c1cccnc1Cl. The molecular formula is C11H12ClNOSi. The fraction of sp³-hybridized carbons (Fsp3) is 0.273. The lowest BCUT2D eigenvalue weighted by Crippen LogP contribution is -2.17. The van der Waals surface area contributed by atoms with Gasteiger partial charge in [-0.1, -0.05) is 31.2 Å². The summed E-state index contributed by atoms with van der Waals surface area (Å²) in [5.41, 5.74) is 3.38. The van der Waals surface area contributed by atoms with E-state index >= 15 is 0 Å². The predicted octanol–water partition coefficient (Wildman–Crippen LogP) is 2.80. The van der Waals surface area contributed by atoms with Gasteiger partial charge >= 0.3 is 0 Å². The zero-order valence-corrected chi connectivity index (χ0v) is 10.7. The Labute approximate surface area is 95.7 Å². The average molecular weight is 238 g/mol. The quantitative estimate of drug-likeness (QED) is 0.325. The van der Waals surface area contributed by atoms with Gasteiger partial charge in [0.25, 0.3) is 0 Å². The van der Waals surface area contributed by atoms with Crippen molar-refractivity contribution < 1.29 is 4.79 Å². The van der Waals surface area contributed by atoms with E-state index in [2.05, 4.69) is 36.1 Å². The van der Waals surface area contributed by atoms with Gasteiger partial charge in [0, 0.05) is 6.20 Å². The van der Waals surface area contributed by atoms with Gasteiger partial charge < -0.3 is 0 Å². The van der Waals surface area contributed by atoms with E-state index in [0.29, 0.717) is 5.56 Å². The van der Waals surface area contributed by atoms with Gasteiger partial charge in [-0.2, -0.15) is 0 Å². The maximum absolute atomic E-state index is 11.6. The number of carbonyl (C=O) groups is 1. The third-order valence-corrected chi connectivity index (χ3v) is 2.73. The molecule has 0 amide bonds. The van der Waals surface area contributed by atoms with Crippen LogP contribution in [0.3, 0.4) is 0 Å². The van der Waals surface area contributed by atoms with Gasteiger partial charge in [0.1, 0.15) is 13.2 Å². The number of pyridine rings is 1. The van der Waals surface area contributed by atoms with Gasteiger partial charge in [-0.05, 0) is 18.1 Å². The summed E-state index contributed by atoms with van der Waals surface area (Å²) in [5, 5.41) is 0.215. The summed E-state index contributed by atoms with van der Waals surface area (Å²) in [6.45, 7) is 6.24. The number of hydrogen-bond donors (Lipinski definition) is 0. The Kier molecular flexibility index (Phi) is 3.67. The van der Waals surface area contributed by atoms with Crippen LogP contribution >= 0.6 is 11.6 Å². The molecule has 0 aliphatic heterocycles. The molecule has 0 unspecified atom stereocenters. The maximum atomic E-state index is 11.6. The largest absolute Gasteiger partial charge is 0.279 e. The fourth-order valence-corrected chi connectivity index (χ4v) is 1.56. The highest BCUT2D eigenvalue weighted by Gasteiger charge is 2.11. The first kappa shape index (κ1) is 12.0. The highest BCUT2D eigenvalue weighted by Crippen LogP contribution is 2.11. The molecule has 0 atom stereocenters. The monoisotopic (exact) mass is 237 g/mol. The molecule has 0 N–H and O–H groups in total.